The van der Waals surface area contributed by atoms with E-state index in [0.29, 0.717) is 21.9 Å². The normalized spacial score (nSPS) is 19.7. The molecule has 23 heavy (non-hydrogen) atoms. The van der Waals surface area contributed by atoms with Gasteiger partial charge in [-0.05, 0) is 43.0 Å². The number of anilines is 1. The van der Waals surface area contributed by atoms with Gasteiger partial charge in [0.15, 0.2) is 0 Å². The molecule has 0 unspecified atom stereocenters. The number of nitrogens with zero attached hydrogens (tertiary/aromatic N) is 1. The summed E-state index contributed by atoms with van der Waals surface area (Å²) in [5, 5.41) is 19.7. The van der Waals surface area contributed by atoms with Crippen molar-refractivity contribution in [3.8, 4) is 11.1 Å². The number of amides is 1. The van der Waals surface area contributed by atoms with Crippen molar-refractivity contribution in [1.29, 1.82) is 0 Å². The number of aliphatic hydroxyl groups is 1. The van der Waals surface area contributed by atoms with Gasteiger partial charge in [0, 0.05) is 16.8 Å². The predicted molar refractivity (Wildman–Crippen MR) is 87.4 cm³/mol. The lowest BCUT2D eigenvalue weighted by atomic mass is 9.90. The first-order valence-electron chi connectivity index (χ1n) is 7.17. The van der Waals surface area contributed by atoms with Crippen LogP contribution < -0.4 is 5.32 Å². The van der Waals surface area contributed by atoms with Crippen LogP contribution in [0.4, 0.5) is 5.69 Å². The number of carbonyl (C=O) groups excluding carboxylic acids is 1. The first-order chi connectivity index (χ1) is 11.0. The molecule has 0 saturated carbocycles. The number of fused-ring (bicyclic) bond motifs is 1. The molecule has 5 nitrogen and oxygen atoms in total. The molecule has 6 heteroatoms. The maximum absolute atomic E-state index is 12.4. The standard InChI is InChI=1S/C17H14N2O3S/c1-9-15(10(2)22-19-9)11-5-6-13-12(8-11)17(21,16(20)18-13)14-4-3-7-23-14/h3-8,21H,1-2H3,(H,18,20)/t17-/m0/s1. The fourth-order valence-electron chi connectivity index (χ4n) is 3.07. The molecule has 0 radical (unpaired) electrons. The first-order valence-corrected chi connectivity index (χ1v) is 8.05. The molecule has 1 aromatic carbocycles. The molecule has 0 spiro atoms. The van der Waals surface area contributed by atoms with Gasteiger partial charge in [-0.25, -0.2) is 0 Å². The van der Waals surface area contributed by atoms with Gasteiger partial charge in [0.2, 0.25) is 5.60 Å². The summed E-state index contributed by atoms with van der Waals surface area (Å²) in [6.45, 7) is 3.71. The van der Waals surface area contributed by atoms with Crippen molar-refractivity contribution in [2.45, 2.75) is 19.4 Å². The van der Waals surface area contributed by atoms with E-state index < -0.39 is 11.5 Å². The molecule has 2 aromatic heterocycles. The lowest BCUT2D eigenvalue weighted by Gasteiger charge is -2.19. The van der Waals surface area contributed by atoms with E-state index >= 15 is 0 Å². The molecule has 1 atom stereocenters. The van der Waals surface area contributed by atoms with E-state index in [-0.39, 0.29) is 0 Å². The van der Waals surface area contributed by atoms with Gasteiger partial charge >= 0.3 is 0 Å². The quantitative estimate of drug-likeness (QED) is 0.758. The smallest absolute Gasteiger partial charge is 0.266 e. The number of hydrogen-bond acceptors (Lipinski definition) is 5. The number of rotatable bonds is 2. The minimum atomic E-state index is -1.65. The summed E-state index contributed by atoms with van der Waals surface area (Å²) in [4.78, 5) is 13.0. The zero-order valence-corrected chi connectivity index (χ0v) is 13.4. The number of hydrogen-bond donors (Lipinski definition) is 2. The van der Waals surface area contributed by atoms with E-state index in [1.807, 2.05) is 37.4 Å². The lowest BCUT2D eigenvalue weighted by Crippen LogP contribution is -2.34. The molecule has 0 bridgehead atoms. The highest BCUT2D eigenvalue weighted by molar-refractivity contribution is 7.10. The Kier molecular flexibility index (Phi) is 2.94. The summed E-state index contributed by atoms with van der Waals surface area (Å²) in [6.07, 6.45) is 0. The number of nitrogens with one attached hydrogen (secondary N) is 1. The third-order valence-electron chi connectivity index (χ3n) is 4.19. The summed E-state index contributed by atoms with van der Waals surface area (Å²) >= 11 is 1.35. The van der Waals surface area contributed by atoms with Gasteiger partial charge in [0.1, 0.15) is 5.76 Å². The number of aromatic nitrogens is 1. The maximum Gasteiger partial charge on any atom is 0.266 e. The Morgan fingerprint density at radius 2 is 2.13 bits per heavy atom. The second-order valence-electron chi connectivity index (χ2n) is 5.60. The first kappa shape index (κ1) is 14.2. The van der Waals surface area contributed by atoms with Crippen LogP contribution in [-0.4, -0.2) is 16.2 Å². The molecule has 1 aliphatic rings. The Hall–Kier alpha value is -2.44. The molecule has 0 aliphatic carbocycles. The number of thiophene rings is 1. The van der Waals surface area contributed by atoms with E-state index in [2.05, 4.69) is 10.5 Å². The third kappa shape index (κ3) is 1.89. The van der Waals surface area contributed by atoms with Gasteiger partial charge in [-0.1, -0.05) is 17.3 Å². The third-order valence-corrected chi connectivity index (χ3v) is 5.16. The van der Waals surface area contributed by atoms with Crippen LogP contribution >= 0.6 is 11.3 Å². The molecule has 1 amide bonds. The van der Waals surface area contributed by atoms with Crippen LogP contribution in [0.25, 0.3) is 11.1 Å². The highest BCUT2D eigenvalue weighted by atomic mass is 32.1. The van der Waals surface area contributed by atoms with Crippen LogP contribution in [-0.2, 0) is 10.4 Å². The van der Waals surface area contributed by atoms with Gasteiger partial charge in [-0.2, -0.15) is 0 Å². The molecular formula is C17H14N2O3S. The van der Waals surface area contributed by atoms with Gasteiger partial charge in [0.05, 0.1) is 10.6 Å². The monoisotopic (exact) mass is 326 g/mol. The summed E-state index contributed by atoms with van der Waals surface area (Å²) in [7, 11) is 0. The zero-order valence-electron chi connectivity index (χ0n) is 12.6. The van der Waals surface area contributed by atoms with E-state index in [4.69, 9.17) is 4.52 Å². The van der Waals surface area contributed by atoms with E-state index in [1.54, 1.807) is 12.1 Å². The molecular weight excluding hydrogens is 312 g/mol. The van der Waals surface area contributed by atoms with Crippen LogP contribution in [0.15, 0.2) is 40.2 Å². The SMILES string of the molecule is Cc1noc(C)c1-c1ccc2c(c1)[C@](O)(c1cccs1)C(=O)N2. The lowest BCUT2D eigenvalue weighted by molar-refractivity contribution is -0.129. The van der Waals surface area contributed by atoms with Crippen LogP contribution in [0.3, 0.4) is 0 Å². The van der Waals surface area contributed by atoms with Crippen molar-refractivity contribution in [3.63, 3.8) is 0 Å². The molecule has 2 N–H and O–H groups in total. The van der Waals surface area contributed by atoms with Gasteiger partial charge < -0.3 is 14.9 Å². The fourth-order valence-corrected chi connectivity index (χ4v) is 3.90. The molecule has 3 aromatic rings. The molecule has 116 valence electrons. The summed E-state index contributed by atoms with van der Waals surface area (Å²) in [6, 6.07) is 9.12. The van der Waals surface area contributed by atoms with Crippen molar-refractivity contribution in [2.24, 2.45) is 0 Å². The second-order valence-corrected chi connectivity index (χ2v) is 6.55. The fraction of sp³-hybridized carbons (Fsp3) is 0.176. The minimum absolute atomic E-state index is 0.425. The largest absolute Gasteiger partial charge is 0.371 e. The Balaban J connectivity index is 1.93. The van der Waals surface area contributed by atoms with Crippen molar-refractivity contribution in [3.05, 3.63) is 57.6 Å². The molecule has 0 saturated heterocycles. The summed E-state index contributed by atoms with van der Waals surface area (Å²) in [5.74, 6) is 0.283. The van der Waals surface area contributed by atoms with E-state index in [1.165, 1.54) is 11.3 Å². The number of aryl methyl sites for hydroxylation is 2. The number of benzene rings is 1. The van der Waals surface area contributed by atoms with Crippen molar-refractivity contribution in [1.82, 2.24) is 5.16 Å². The average molecular weight is 326 g/mol. The van der Waals surface area contributed by atoms with E-state index in [9.17, 15) is 9.90 Å². The zero-order chi connectivity index (χ0) is 16.2. The highest BCUT2D eigenvalue weighted by Crippen LogP contribution is 2.44. The summed E-state index contributed by atoms with van der Waals surface area (Å²) in [5.41, 5.74) is 2.06. The number of carbonyl (C=O) groups is 1. The van der Waals surface area contributed by atoms with Crippen molar-refractivity contribution < 1.29 is 14.4 Å². The van der Waals surface area contributed by atoms with Crippen molar-refractivity contribution >= 4 is 22.9 Å². The van der Waals surface area contributed by atoms with Crippen LogP contribution in [0.5, 0.6) is 0 Å². The summed E-state index contributed by atoms with van der Waals surface area (Å²) < 4.78 is 5.22. The van der Waals surface area contributed by atoms with Crippen molar-refractivity contribution in [2.75, 3.05) is 5.32 Å². The van der Waals surface area contributed by atoms with Crippen LogP contribution in [0, 0.1) is 13.8 Å². The van der Waals surface area contributed by atoms with E-state index in [0.717, 1.165) is 16.8 Å². The average Bonchev–Trinajstić information content (AvgIpc) is 3.22. The van der Waals surface area contributed by atoms with Crippen LogP contribution in [0.2, 0.25) is 0 Å². The molecule has 0 fully saturated rings. The Bertz CT molecular complexity index is 895. The molecule has 4 rings (SSSR count). The maximum atomic E-state index is 12.4. The molecule has 3 heterocycles. The minimum Gasteiger partial charge on any atom is -0.371 e. The van der Waals surface area contributed by atoms with Gasteiger partial charge in [-0.3, -0.25) is 4.79 Å². The topological polar surface area (TPSA) is 75.4 Å². The second kappa shape index (κ2) is 4.78. The predicted octanol–water partition coefficient (Wildman–Crippen LogP) is 3.21. The van der Waals surface area contributed by atoms with Gasteiger partial charge in [-0.15, -0.1) is 11.3 Å². The molecule has 1 aliphatic heterocycles. The highest BCUT2D eigenvalue weighted by Gasteiger charge is 2.47. The van der Waals surface area contributed by atoms with Crippen LogP contribution in [0.1, 0.15) is 21.9 Å². The Labute approximate surface area is 136 Å². The van der Waals surface area contributed by atoms with Gasteiger partial charge in [0.25, 0.3) is 5.91 Å². The Morgan fingerprint density at radius 3 is 2.78 bits per heavy atom. The Morgan fingerprint density at radius 1 is 1.30 bits per heavy atom.